The standard InChI is InChI=1S/C13H16F2O3/c1-13(2,3)7-12(16)18-11-6-9(15)8(14)5-10(11)17-4/h5-6H,7H2,1-4H3. The lowest BCUT2D eigenvalue weighted by Crippen LogP contribution is -2.18. The molecule has 1 aromatic carbocycles. The first-order valence-electron chi connectivity index (χ1n) is 5.46. The third-order valence-corrected chi connectivity index (χ3v) is 2.11. The third-order valence-electron chi connectivity index (χ3n) is 2.11. The Balaban J connectivity index is 2.90. The van der Waals surface area contributed by atoms with Gasteiger partial charge in [0.15, 0.2) is 23.1 Å². The highest BCUT2D eigenvalue weighted by molar-refractivity contribution is 5.73. The zero-order valence-corrected chi connectivity index (χ0v) is 10.8. The van der Waals surface area contributed by atoms with Crippen molar-refractivity contribution in [3.63, 3.8) is 0 Å². The second-order valence-corrected chi connectivity index (χ2v) is 5.13. The van der Waals surface area contributed by atoms with Crippen molar-refractivity contribution in [1.29, 1.82) is 0 Å². The van der Waals surface area contributed by atoms with Gasteiger partial charge in [-0.15, -0.1) is 0 Å². The van der Waals surface area contributed by atoms with E-state index in [-0.39, 0.29) is 23.3 Å². The molecule has 1 aromatic rings. The van der Waals surface area contributed by atoms with Gasteiger partial charge in [0, 0.05) is 12.1 Å². The molecule has 0 aromatic heterocycles. The topological polar surface area (TPSA) is 35.5 Å². The first-order chi connectivity index (χ1) is 8.23. The Morgan fingerprint density at radius 2 is 1.67 bits per heavy atom. The van der Waals surface area contributed by atoms with Gasteiger partial charge in [-0.3, -0.25) is 4.79 Å². The van der Waals surface area contributed by atoms with Gasteiger partial charge in [0.2, 0.25) is 0 Å². The van der Waals surface area contributed by atoms with Gasteiger partial charge in [0.25, 0.3) is 0 Å². The molecule has 0 bridgehead atoms. The van der Waals surface area contributed by atoms with Gasteiger partial charge in [-0.2, -0.15) is 0 Å². The maximum Gasteiger partial charge on any atom is 0.311 e. The summed E-state index contributed by atoms with van der Waals surface area (Å²) in [5.41, 5.74) is -0.247. The van der Waals surface area contributed by atoms with Crippen LogP contribution in [0.4, 0.5) is 8.78 Å². The van der Waals surface area contributed by atoms with Crippen LogP contribution in [0.15, 0.2) is 12.1 Å². The van der Waals surface area contributed by atoms with Crippen LogP contribution in [-0.4, -0.2) is 13.1 Å². The SMILES string of the molecule is COc1cc(F)c(F)cc1OC(=O)CC(C)(C)C. The molecule has 1 rings (SSSR count). The van der Waals surface area contributed by atoms with E-state index in [4.69, 9.17) is 9.47 Å². The van der Waals surface area contributed by atoms with Crippen LogP contribution in [0.2, 0.25) is 0 Å². The summed E-state index contributed by atoms with van der Waals surface area (Å²) in [7, 11) is 1.29. The Labute approximate surface area is 105 Å². The number of halogens is 2. The van der Waals surface area contributed by atoms with Crippen molar-refractivity contribution < 1.29 is 23.0 Å². The molecule has 0 heterocycles. The van der Waals surface area contributed by atoms with E-state index in [1.807, 2.05) is 20.8 Å². The number of hydrogen-bond donors (Lipinski definition) is 0. The van der Waals surface area contributed by atoms with E-state index in [0.717, 1.165) is 12.1 Å². The molecule has 0 radical (unpaired) electrons. The lowest BCUT2D eigenvalue weighted by Gasteiger charge is -2.17. The minimum atomic E-state index is -1.09. The average molecular weight is 258 g/mol. The predicted octanol–water partition coefficient (Wildman–Crippen LogP) is 3.32. The van der Waals surface area contributed by atoms with Crippen LogP contribution in [0.1, 0.15) is 27.2 Å². The number of ether oxygens (including phenoxy) is 2. The van der Waals surface area contributed by atoms with Crippen LogP contribution < -0.4 is 9.47 Å². The Kier molecular flexibility index (Phi) is 4.27. The Morgan fingerprint density at radius 3 is 2.11 bits per heavy atom. The molecule has 0 atom stereocenters. The fraction of sp³-hybridized carbons (Fsp3) is 0.462. The van der Waals surface area contributed by atoms with E-state index in [0.29, 0.717) is 0 Å². The number of esters is 1. The van der Waals surface area contributed by atoms with Crippen LogP contribution >= 0.6 is 0 Å². The molecule has 100 valence electrons. The number of methoxy groups -OCH3 is 1. The van der Waals surface area contributed by atoms with E-state index in [1.54, 1.807) is 0 Å². The molecule has 3 nitrogen and oxygen atoms in total. The molecular weight excluding hydrogens is 242 g/mol. The molecule has 0 amide bonds. The Hall–Kier alpha value is -1.65. The second-order valence-electron chi connectivity index (χ2n) is 5.13. The van der Waals surface area contributed by atoms with Crippen molar-refractivity contribution in [3.05, 3.63) is 23.8 Å². The van der Waals surface area contributed by atoms with Crippen molar-refractivity contribution in [3.8, 4) is 11.5 Å². The van der Waals surface area contributed by atoms with Crippen LogP contribution in [-0.2, 0) is 4.79 Å². The van der Waals surface area contributed by atoms with Crippen LogP contribution in [0.5, 0.6) is 11.5 Å². The van der Waals surface area contributed by atoms with Crippen molar-refractivity contribution in [2.75, 3.05) is 7.11 Å². The average Bonchev–Trinajstić information content (AvgIpc) is 2.20. The summed E-state index contributed by atoms with van der Waals surface area (Å²) in [5, 5.41) is 0. The molecule has 0 aliphatic rings. The van der Waals surface area contributed by atoms with E-state index in [2.05, 4.69) is 0 Å². The minimum Gasteiger partial charge on any atom is -0.493 e. The second kappa shape index (κ2) is 5.33. The smallest absolute Gasteiger partial charge is 0.311 e. The molecule has 0 saturated heterocycles. The molecule has 0 fully saturated rings. The number of benzene rings is 1. The lowest BCUT2D eigenvalue weighted by atomic mass is 9.92. The molecule has 0 aliphatic carbocycles. The van der Waals surface area contributed by atoms with Gasteiger partial charge in [0.1, 0.15) is 0 Å². The zero-order valence-electron chi connectivity index (χ0n) is 10.8. The summed E-state index contributed by atoms with van der Waals surface area (Å²) in [4.78, 5) is 11.6. The van der Waals surface area contributed by atoms with Gasteiger partial charge in [-0.05, 0) is 5.41 Å². The van der Waals surface area contributed by atoms with Crippen LogP contribution in [0.25, 0.3) is 0 Å². The van der Waals surface area contributed by atoms with Gasteiger partial charge in [-0.25, -0.2) is 8.78 Å². The molecule has 18 heavy (non-hydrogen) atoms. The van der Waals surface area contributed by atoms with Crippen molar-refractivity contribution in [1.82, 2.24) is 0 Å². The summed E-state index contributed by atoms with van der Waals surface area (Å²) in [6.45, 7) is 5.62. The van der Waals surface area contributed by atoms with Gasteiger partial charge in [0.05, 0.1) is 13.5 Å². The number of carbonyl (C=O) groups is 1. The maximum absolute atomic E-state index is 13.1. The first-order valence-corrected chi connectivity index (χ1v) is 5.46. The number of carbonyl (C=O) groups excluding carboxylic acids is 1. The highest BCUT2D eigenvalue weighted by Crippen LogP contribution is 2.30. The van der Waals surface area contributed by atoms with E-state index < -0.39 is 17.6 Å². The molecule has 5 heteroatoms. The third kappa shape index (κ3) is 3.98. The summed E-state index contributed by atoms with van der Waals surface area (Å²) in [6.07, 6.45) is 0.162. The highest BCUT2D eigenvalue weighted by Gasteiger charge is 2.20. The van der Waals surface area contributed by atoms with Gasteiger partial charge in [-0.1, -0.05) is 20.8 Å². The summed E-state index contributed by atoms with van der Waals surface area (Å²) >= 11 is 0. The first kappa shape index (κ1) is 14.4. The van der Waals surface area contributed by atoms with Crippen molar-refractivity contribution in [2.45, 2.75) is 27.2 Å². The molecule has 0 saturated carbocycles. The van der Waals surface area contributed by atoms with Gasteiger partial charge < -0.3 is 9.47 Å². The van der Waals surface area contributed by atoms with E-state index >= 15 is 0 Å². The van der Waals surface area contributed by atoms with E-state index in [1.165, 1.54) is 7.11 Å². The monoisotopic (exact) mass is 258 g/mol. The minimum absolute atomic E-state index is 0.0174. The van der Waals surface area contributed by atoms with Crippen LogP contribution in [0, 0.1) is 17.0 Å². The molecular formula is C13H16F2O3. The van der Waals surface area contributed by atoms with Crippen LogP contribution in [0.3, 0.4) is 0 Å². The highest BCUT2D eigenvalue weighted by atomic mass is 19.2. The summed E-state index contributed by atoms with van der Waals surface area (Å²) in [5.74, 6) is -2.80. The molecule has 0 aliphatic heterocycles. The predicted molar refractivity (Wildman–Crippen MR) is 62.6 cm³/mol. The lowest BCUT2D eigenvalue weighted by molar-refractivity contribution is -0.136. The molecule has 0 unspecified atom stereocenters. The quantitative estimate of drug-likeness (QED) is 0.616. The summed E-state index contributed by atoms with van der Waals surface area (Å²) < 4.78 is 35.8. The van der Waals surface area contributed by atoms with Crippen molar-refractivity contribution in [2.24, 2.45) is 5.41 Å². The normalized spacial score (nSPS) is 11.2. The molecule has 0 spiro atoms. The molecule has 0 N–H and O–H groups in total. The fourth-order valence-corrected chi connectivity index (χ4v) is 1.34. The summed E-state index contributed by atoms with van der Waals surface area (Å²) in [6, 6.07) is 1.64. The largest absolute Gasteiger partial charge is 0.493 e. The maximum atomic E-state index is 13.1. The Bertz CT molecular complexity index is 450. The number of hydrogen-bond acceptors (Lipinski definition) is 3. The zero-order chi connectivity index (χ0) is 13.9. The Morgan fingerprint density at radius 1 is 1.17 bits per heavy atom. The fourth-order valence-electron chi connectivity index (χ4n) is 1.34. The number of rotatable bonds is 3. The van der Waals surface area contributed by atoms with Gasteiger partial charge >= 0.3 is 5.97 Å². The van der Waals surface area contributed by atoms with E-state index in [9.17, 15) is 13.6 Å². The van der Waals surface area contributed by atoms with Crippen molar-refractivity contribution >= 4 is 5.97 Å².